The van der Waals surface area contributed by atoms with Crippen molar-refractivity contribution in [2.45, 2.75) is 26.4 Å². The van der Waals surface area contributed by atoms with Gasteiger partial charge in [-0.15, -0.1) is 15.3 Å². The van der Waals surface area contributed by atoms with Gasteiger partial charge in [-0.2, -0.15) is 4.52 Å². The summed E-state index contributed by atoms with van der Waals surface area (Å²) >= 11 is 0. The first kappa shape index (κ1) is 15.2. The Morgan fingerprint density at radius 2 is 2.04 bits per heavy atom. The molecule has 2 aromatic heterocycles. The highest BCUT2D eigenvalue weighted by atomic mass is 19.1. The van der Waals surface area contributed by atoms with Crippen LogP contribution in [0.2, 0.25) is 0 Å². The molecule has 0 spiro atoms. The number of benzene rings is 1. The van der Waals surface area contributed by atoms with Gasteiger partial charge in [-0.1, -0.05) is 19.1 Å². The second kappa shape index (κ2) is 6.60. The van der Waals surface area contributed by atoms with E-state index in [1.807, 2.05) is 26.0 Å². The molecule has 0 aliphatic carbocycles. The van der Waals surface area contributed by atoms with Gasteiger partial charge >= 0.3 is 0 Å². The van der Waals surface area contributed by atoms with Crippen LogP contribution in [0.5, 0.6) is 5.75 Å². The van der Waals surface area contributed by atoms with E-state index in [2.05, 4.69) is 20.6 Å². The van der Waals surface area contributed by atoms with Crippen LogP contribution in [-0.4, -0.2) is 32.5 Å². The van der Waals surface area contributed by atoms with Gasteiger partial charge in [0, 0.05) is 0 Å². The van der Waals surface area contributed by atoms with Crippen molar-refractivity contribution in [3.63, 3.8) is 0 Å². The zero-order chi connectivity index (χ0) is 16.2. The summed E-state index contributed by atoms with van der Waals surface area (Å²) < 4.78 is 21.0. The van der Waals surface area contributed by atoms with Gasteiger partial charge in [-0.3, -0.25) is 0 Å². The maximum atomic E-state index is 13.7. The zero-order valence-corrected chi connectivity index (χ0v) is 13.0. The van der Waals surface area contributed by atoms with Gasteiger partial charge < -0.3 is 10.1 Å². The predicted octanol–water partition coefficient (Wildman–Crippen LogP) is 2.84. The van der Waals surface area contributed by atoms with Crippen molar-refractivity contribution in [2.24, 2.45) is 0 Å². The van der Waals surface area contributed by atoms with E-state index in [-0.39, 0.29) is 17.7 Å². The number of halogens is 1. The quantitative estimate of drug-likeness (QED) is 0.758. The molecule has 120 valence electrons. The molecule has 7 heteroatoms. The number of rotatable bonds is 6. The number of hydrogen-bond acceptors (Lipinski definition) is 5. The molecule has 0 fully saturated rings. The zero-order valence-electron chi connectivity index (χ0n) is 13.0. The maximum Gasteiger partial charge on any atom is 0.178 e. The molecule has 1 N–H and O–H groups in total. The Balaban J connectivity index is 1.67. The molecule has 0 radical (unpaired) electrons. The lowest BCUT2D eigenvalue weighted by Crippen LogP contribution is -2.26. The van der Waals surface area contributed by atoms with Crippen molar-refractivity contribution in [1.82, 2.24) is 19.8 Å². The topological polar surface area (TPSA) is 64.3 Å². The van der Waals surface area contributed by atoms with Gasteiger partial charge in [-0.05, 0) is 37.6 Å². The van der Waals surface area contributed by atoms with Crippen LogP contribution >= 0.6 is 0 Å². The molecule has 1 aromatic carbocycles. The molecular weight excluding hydrogens is 297 g/mol. The van der Waals surface area contributed by atoms with Crippen LogP contribution in [0.3, 0.4) is 0 Å². The minimum Gasteiger partial charge on any atom is -0.486 e. The third kappa shape index (κ3) is 3.39. The first-order chi connectivity index (χ1) is 11.2. The fourth-order valence-electron chi connectivity index (χ4n) is 2.20. The molecule has 1 unspecified atom stereocenters. The Hall–Kier alpha value is -2.70. The SMILES string of the molecule is CCC(CNc1ccc2nnc(C)n2n1)Oc1ccccc1F. The third-order valence-electron chi connectivity index (χ3n) is 3.52. The number of hydrogen-bond donors (Lipinski definition) is 1. The summed E-state index contributed by atoms with van der Waals surface area (Å²) in [7, 11) is 0. The summed E-state index contributed by atoms with van der Waals surface area (Å²) in [5.41, 5.74) is 0.697. The molecule has 1 atom stereocenters. The van der Waals surface area contributed by atoms with E-state index in [1.54, 1.807) is 22.7 Å². The average Bonchev–Trinajstić information content (AvgIpc) is 2.94. The summed E-state index contributed by atoms with van der Waals surface area (Å²) in [6, 6.07) is 10.1. The maximum absolute atomic E-state index is 13.7. The first-order valence-electron chi connectivity index (χ1n) is 7.51. The summed E-state index contributed by atoms with van der Waals surface area (Å²) in [6.45, 7) is 4.35. The van der Waals surface area contributed by atoms with E-state index in [1.165, 1.54) is 6.07 Å². The highest BCUT2D eigenvalue weighted by molar-refractivity contribution is 5.43. The summed E-state index contributed by atoms with van der Waals surface area (Å²) in [5, 5.41) is 15.6. The summed E-state index contributed by atoms with van der Waals surface area (Å²) in [6.07, 6.45) is 0.585. The Labute approximate surface area is 133 Å². The molecule has 0 aliphatic rings. The van der Waals surface area contributed by atoms with Crippen molar-refractivity contribution in [1.29, 1.82) is 0 Å². The summed E-state index contributed by atoms with van der Waals surface area (Å²) in [5.74, 6) is 1.32. The molecular formula is C16H18FN5O. The monoisotopic (exact) mass is 315 g/mol. The highest BCUT2D eigenvalue weighted by Gasteiger charge is 2.12. The van der Waals surface area contributed by atoms with E-state index in [0.717, 1.165) is 12.2 Å². The van der Waals surface area contributed by atoms with Crippen molar-refractivity contribution in [3.05, 3.63) is 48.0 Å². The molecule has 0 aliphatic heterocycles. The third-order valence-corrected chi connectivity index (χ3v) is 3.52. The number of anilines is 1. The van der Waals surface area contributed by atoms with Crippen LogP contribution in [0.25, 0.3) is 5.65 Å². The molecule has 0 bridgehead atoms. The van der Waals surface area contributed by atoms with Crippen LogP contribution in [0.4, 0.5) is 10.2 Å². The number of nitrogens with one attached hydrogen (secondary N) is 1. The fraction of sp³-hybridized carbons (Fsp3) is 0.312. The molecule has 0 saturated carbocycles. The molecule has 0 saturated heterocycles. The van der Waals surface area contributed by atoms with Crippen molar-refractivity contribution in [3.8, 4) is 5.75 Å². The number of aryl methyl sites for hydroxylation is 1. The first-order valence-corrected chi connectivity index (χ1v) is 7.51. The lowest BCUT2D eigenvalue weighted by atomic mass is 10.2. The summed E-state index contributed by atoms with van der Waals surface area (Å²) in [4.78, 5) is 0. The van der Waals surface area contributed by atoms with Crippen molar-refractivity contribution >= 4 is 11.5 Å². The Morgan fingerprint density at radius 1 is 1.22 bits per heavy atom. The van der Waals surface area contributed by atoms with Crippen molar-refractivity contribution < 1.29 is 9.13 Å². The molecule has 6 nitrogen and oxygen atoms in total. The molecule has 23 heavy (non-hydrogen) atoms. The van der Waals surface area contributed by atoms with Crippen LogP contribution in [0.15, 0.2) is 36.4 Å². The van der Waals surface area contributed by atoms with Crippen LogP contribution in [-0.2, 0) is 0 Å². The van der Waals surface area contributed by atoms with Gasteiger partial charge in [0.25, 0.3) is 0 Å². The van der Waals surface area contributed by atoms with E-state index < -0.39 is 0 Å². The lowest BCUT2D eigenvalue weighted by Gasteiger charge is -2.18. The highest BCUT2D eigenvalue weighted by Crippen LogP contribution is 2.18. The van der Waals surface area contributed by atoms with E-state index >= 15 is 0 Å². The Kier molecular flexibility index (Phi) is 4.36. The van der Waals surface area contributed by atoms with Gasteiger partial charge in [0.1, 0.15) is 11.9 Å². The molecule has 3 aromatic rings. The number of aromatic nitrogens is 4. The van der Waals surface area contributed by atoms with Crippen LogP contribution < -0.4 is 10.1 Å². The Morgan fingerprint density at radius 3 is 2.83 bits per heavy atom. The fourth-order valence-corrected chi connectivity index (χ4v) is 2.20. The number of nitrogens with zero attached hydrogens (tertiary/aromatic N) is 4. The number of fused-ring (bicyclic) bond motifs is 1. The second-order valence-electron chi connectivity index (χ2n) is 5.20. The minimum absolute atomic E-state index is 0.161. The smallest absolute Gasteiger partial charge is 0.178 e. The van der Waals surface area contributed by atoms with Crippen molar-refractivity contribution in [2.75, 3.05) is 11.9 Å². The minimum atomic E-state index is -0.356. The number of ether oxygens (including phenoxy) is 1. The van der Waals surface area contributed by atoms with Gasteiger partial charge in [0.2, 0.25) is 0 Å². The Bertz CT molecular complexity index is 804. The molecule has 3 rings (SSSR count). The lowest BCUT2D eigenvalue weighted by molar-refractivity contribution is 0.200. The van der Waals surface area contributed by atoms with Crippen LogP contribution in [0.1, 0.15) is 19.2 Å². The van der Waals surface area contributed by atoms with E-state index in [9.17, 15) is 4.39 Å². The second-order valence-corrected chi connectivity index (χ2v) is 5.20. The van der Waals surface area contributed by atoms with E-state index in [0.29, 0.717) is 18.0 Å². The average molecular weight is 315 g/mol. The molecule has 0 amide bonds. The predicted molar refractivity (Wildman–Crippen MR) is 85.1 cm³/mol. The van der Waals surface area contributed by atoms with Gasteiger partial charge in [0.15, 0.2) is 23.0 Å². The number of para-hydroxylation sites is 1. The normalized spacial score (nSPS) is 12.3. The standard InChI is InChI=1S/C16H18FN5O/c1-3-12(23-14-7-5-4-6-13(14)17)10-18-15-8-9-16-20-19-11(2)22(16)21-15/h4-9,12H,3,10H2,1-2H3,(H,18,21). The van der Waals surface area contributed by atoms with E-state index in [4.69, 9.17) is 4.74 Å². The van der Waals surface area contributed by atoms with Gasteiger partial charge in [0.05, 0.1) is 6.54 Å². The van der Waals surface area contributed by atoms with Crippen LogP contribution in [0, 0.1) is 12.7 Å². The molecule has 2 heterocycles. The van der Waals surface area contributed by atoms with Gasteiger partial charge in [-0.25, -0.2) is 4.39 Å². The largest absolute Gasteiger partial charge is 0.486 e.